The predicted octanol–water partition coefficient (Wildman–Crippen LogP) is 4.14. The summed E-state index contributed by atoms with van der Waals surface area (Å²) in [7, 11) is 0. The molecule has 1 saturated carbocycles. The Balaban J connectivity index is 1.40. The van der Waals surface area contributed by atoms with Crippen LogP contribution in [-0.4, -0.2) is 43.3 Å². The zero-order valence-electron chi connectivity index (χ0n) is 18.2. The van der Waals surface area contributed by atoms with Crippen molar-refractivity contribution in [3.8, 4) is 23.0 Å². The lowest BCUT2D eigenvalue weighted by Gasteiger charge is -2.35. The van der Waals surface area contributed by atoms with Gasteiger partial charge in [0.2, 0.25) is 0 Å². The maximum absolute atomic E-state index is 14.8. The largest absolute Gasteiger partial charge is 0.433 e. The second kappa shape index (κ2) is 9.53. The van der Waals surface area contributed by atoms with Crippen LogP contribution in [0.4, 0.5) is 13.2 Å². The molecule has 0 saturated heterocycles. The number of amides is 1. The van der Waals surface area contributed by atoms with Crippen molar-refractivity contribution >= 4 is 5.91 Å². The summed E-state index contributed by atoms with van der Waals surface area (Å²) in [6, 6.07) is 14.0. The third kappa shape index (κ3) is 4.70. The van der Waals surface area contributed by atoms with Crippen LogP contribution in [0.25, 0.3) is 17.2 Å². The molecule has 1 aliphatic rings. The van der Waals surface area contributed by atoms with E-state index in [0.29, 0.717) is 30.1 Å². The van der Waals surface area contributed by atoms with Crippen molar-refractivity contribution in [1.29, 1.82) is 0 Å². The van der Waals surface area contributed by atoms with Gasteiger partial charge in [0, 0.05) is 18.2 Å². The summed E-state index contributed by atoms with van der Waals surface area (Å²) in [5.74, 6) is -0.164. The van der Waals surface area contributed by atoms with E-state index in [1.807, 2.05) is 0 Å². The molecular weight excluding hydrogens is 461 g/mol. The maximum Gasteiger partial charge on any atom is 0.387 e. The highest BCUT2D eigenvalue weighted by Crippen LogP contribution is 2.39. The summed E-state index contributed by atoms with van der Waals surface area (Å²) in [5.41, 5.74) is 0.879. The predicted molar refractivity (Wildman–Crippen MR) is 119 cm³/mol. The van der Waals surface area contributed by atoms with Gasteiger partial charge in [0.25, 0.3) is 5.91 Å². The highest BCUT2D eigenvalue weighted by molar-refractivity contribution is 5.92. The quantitative estimate of drug-likeness (QED) is 0.427. The number of benzene rings is 1. The number of carbonyl (C=O) groups is 1. The summed E-state index contributed by atoms with van der Waals surface area (Å²) < 4.78 is 45.7. The van der Waals surface area contributed by atoms with Crippen LogP contribution in [0.5, 0.6) is 5.75 Å². The molecular formula is C24H19F3N6O2. The van der Waals surface area contributed by atoms with Gasteiger partial charge in [-0.05, 0) is 49.2 Å². The first-order valence-corrected chi connectivity index (χ1v) is 10.8. The van der Waals surface area contributed by atoms with Crippen LogP contribution in [0.2, 0.25) is 0 Å². The number of carbonyl (C=O) groups excluding carboxylic acids is 1. The van der Waals surface area contributed by atoms with E-state index in [-0.39, 0.29) is 35.1 Å². The van der Waals surface area contributed by atoms with Crippen molar-refractivity contribution in [3.63, 3.8) is 0 Å². The third-order valence-corrected chi connectivity index (χ3v) is 5.71. The first-order chi connectivity index (χ1) is 17.0. The third-order valence-electron chi connectivity index (χ3n) is 5.71. The first kappa shape index (κ1) is 22.5. The van der Waals surface area contributed by atoms with Crippen molar-refractivity contribution in [2.75, 3.05) is 0 Å². The van der Waals surface area contributed by atoms with Gasteiger partial charge < -0.3 is 10.1 Å². The van der Waals surface area contributed by atoms with Gasteiger partial charge in [-0.15, -0.1) is 10.2 Å². The van der Waals surface area contributed by atoms with E-state index in [2.05, 4.69) is 30.2 Å². The molecule has 3 aromatic heterocycles. The Bertz CT molecular complexity index is 1320. The second-order valence-corrected chi connectivity index (χ2v) is 7.98. The molecule has 1 fully saturated rings. The van der Waals surface area contributed by atoms with Crippen LogP contribution in [0.3, 0.4) is 0 Å². The number of ether oxygens (including phenoxy) is 1. The van der Waals surface area contributed by atoms with Gasteiger partial charge >= 0.3 is 6.61 Å². The minimum atomic E-state index is -2.97. The Labute approximate surface area is 197 Å². The van der Waals surface area contributed by atoms with Crippen molar-refractivity contribution in [2.24, 2.45) is 0 Å². The molecule has 0 bridgehead atoms. The number of para-hydroxylation sites is 1. The molecule has 11 heteroatoms. The topological polar surface area (TPSA) is 94.8 Å². The van der Waals surface area contributed by atoms with Gasteiger partial charge in [-0.2, -0.15) is 8.78 Å². The van der Waals surface area contributed by atoms with E-state index in [0.717, 1.165) is 6.20 Å². The van der Waals surface area contributed by atoms with Crippen LogP contribution in [-0.2, 0) is 0 Å². The molecule has 35 heavy (non-hydrogen) atoms. The Morgan fingerprint density at radius 3 is 2.51 bits per heavy atom. The molecule has 1 amide bonds. The van der Waals surface area contributed by atoms with Crippen LogP contribution in [0.1, 0.15) is 35.1 Å². The molecule has 0 radical (unpaired) electrons. The molecule has 0 unspecified atom stereocenters. The lowest BCUT2D eigenvalue weighted by molar-refractivity contribution is -0.0500. The molecule has 5 rings (SSSR count). The molecule has 1 aromatic carbocycles. The minimum Gasteiger partial charge on any atom is -0.433 e. The van der Waals surface area contributed by atoms with Crippen molar-refractivity contribution in [1.82, 2.24) is 30.0 Å². The molecule has 4 aromatic rings. The number of rotatable bonds is 7. The van der Waals surface area contributed by atoms with E-state index in [1.54, 1.807) is 47.2 Å². The SMILES string of the molecule is O=C(N[C@H]1C[C@H](c2nnc(-c3ccc(OC(F)F)cn3)n2-c2ccccc2F)C1)c1ccccn1. The first-order valence-electron chi connectivity index (χ1n) is 10.8. The standard InChI is InChI=1S/C24H19F3N6O2/c25-17-5-1-2-7-20(17)33-21(14-11-15(12-14)30-23(34)19-6-3-4-10-28-19)31-32-22(33)18-9-8-16(13-29-18)35-24(26)27/h1-10,13-15,24H,11-12H2,(H,30,34)/t14-,15-. The van der Waals surface area contributed by atoms with Crippen LogP contribution in [0.15, 0.2) is 67.0 Å². The van der Waals surface area contributed by atoms with Gasteiger partial charge in [-0.1, -0.05) is 18.2 Å². The fraction of sp³-hybridized carbons (Fsp3) is 0.208. The van der Waals surface area contributed by atoms with E-state index in [1.165, 1.54) is 18.2 Å². The number of nitrogens with zero attached hydrogens (tertiary/aromatic N) is 5. The number of alkyl halides is 2. The second-order valence-electron chi connectivity index (χ2n) is 7.98. The zero-order valence-corrected chi connectivity index (χ0v) is 18.2. The van der Waals surface area contributed by atoms with E-state index in [9.17, 15) is 18.0 Å². The lowest BCUT2D eigenvalue weighted by Crippen LogP contribution is -2.44. The fourth-order valence-electron chi connectivity index (χ4n) is 3.99. The Morgan fingerprint density at radius 1 is 1.03 bits per heavy atom. The summed E-state index contributed by atoms with van der Waals surface area (Å²) in [5, 5.41) is 11.5. The van der Waals surface area contributed by atoms with E-state index in [4.69, 9.17) is 0 Å². The van der Waals surface area contributed by atoms with Gasteiger partial charge in [-0.3, -0.25) is 14.3 Å². The van der Waals surface area contributed by atoms with Crippen LogP contribution < -0.4 is 10.1 Å². The molecule has 0 spiro atoms. The van der Waals surface area contributed by atoms with Gasteiger partial charge in [0.15, 0.2) is 5.82 Å². The number of nitrogens with one attached hydrogen (secondary N) is 1. The highest BCUT2D eigenvalue weighted by atomic mass is 19.3. The number of hydrogen-bond donors (Lipinski definition) is 1. The van der Waals surface area contributed by atoms with Crippen LogP contribution >= 0.6 is 0 Å². The number of hydrogen-bond acceptors (Lipinski definition) is 6. The minimum absolute atomic E-state index is 0.0902. The molecule has 3 heterocycles. The number of aromatic nitrogens is 5. The zero-order chi connectivity index (χ0) is 24.4. The molecule has 1 aliphatic carbocycles. The Morgan fingerprint density at radius 2 is 1.83 bits per heavy atom. The van der Waals surface area contributed by atoms with Crippen molar-refractivity contribution in [2.45, 2.75) is 31.4 Å². The Kier molecular flexibility index (Phi) is 6.13. The van der Waals surface area contributed by atoms with Crippen molar-refractivity contribution in [3.05, 3.63) is 84.3 Å². The van der Waals surface area contributed by atoms with E-state index >= 15 is 0 Å². The molecule has 8 nitrogen and oxygen atoms in total. The lowest BCUT2D eigenvalue weighted by atomic mass is 9.79. The van der Waals surface area contributed by atoms with Gasteiger partial charge in [-0.25, -0.2) is 9.37 Å². The summed E-state index contributed by atoms with van der Waals surface area (Å²) in [6.45, 7) is -2.97. The Hall–Kier alpha value is -4.28. The highest BCUT2D eigenvalue weighted by Gasteiger charge is 2.36. The molecule has 0 aliphatic heterocycles. The number of pyridine rings is 2. The summed E-state index contributed by atoms with van der Waals surface area (Å²) in [4.78, 5) is 20.6. The van der Waals surface area contributed by atoms with Crippen molar-refractivity contribution < 1.29 is 22.7 Å². The monoisotopic (exact) mass is 480 g/mol. The number of halogens is 3. The summed E-state index contributed by atoms with van der Waals surface area (Å²) >= 11 is 0. The summed E-state index contributed by atoms with van der Waals surface area (Å²) in [6.07, 6.45) is 3.87. The average molecular weight is 480 g/mol. The maximum atomic E-state index is 14.8. The fourth-order valence-corrected chi connectivity index (χ4v) is 3.99. The van der Waals surface area contributed by atoms with Gasteiger partial charge in [0.05, 0.1) is 11.9 Å². The molecule has 1 N–H and O–H groups in total. The molecule has 178 valence electrons. The molecule has 0 atom stereocenters. The smallest absolute Gasteiger partial charge is 0.387 e. The van der Waals surface area contributed by atoms with Crippen LogP contribution in [0, 0.1) is 5.82 Å². The normalized spacial score (nSPS) is 17.1. The van der Waals surface area contributed by atoms with E-state index < -0.39 is 12.4 Å². The van der Waals surface area contributed by atoms with Gasteiger partial charge in [0.1, 0.15) is 28.8 Å². The average Bonchev–Trinajstić information content (AvgIpc) is 3.26.